The summed E-state index contributed by atoms with van der Waals surface area (Å²) in [5.74, 6) is 0.275. The van der Waals surface area contributed by atoms with E-state index in [1.165, 1.54) is 28.1 Å². The van der Waals surface area contributed by atoms with Gasteiger partial charge in [-0.3, -0.25) is 0 Å². The first-order valence-corrected chi connectivity index (χ1v) is 8.58. The highest BCUT2D eigenvalue weighted by Gasteiger charge is 2.18. The summed E-state index contributed by atoms with van der Waals surface area (Å²) in [5, 5.41) is 9.15. The first-order chi connectivity index (χ1) is 12.5. The van der Waals surface area contributed by atoms with Gasteiger partial charge in [0.2, 0.25) is 5.82 Å². The fourth-order valence-corrected chi connectivity index (χ4v) is 4.27. The van der Waals surface area contributed by atoms with Gasteiger partial charge in [-0.25, -0.2) is 24.1 Å². The van der Waals surface area contributed by atoms with E-state index in [0.717, 1.165) is 31.7 Å². The van der Waals surface area contributed by atoms with Crippen LogP contribution in [0.2, 0.25) is 0 Å². The molecule has 26 heavy (non-hydrogen) atoms. The van der Waals surface area contributed by atoms with E-state index in [2.05, 4.69) is 25.1 Å². The van der Waals surface area contributed by atoms with Crippen LogP contribution >= 0.6 is 11.3 Å². The molecule has 0 aliphatic heterocycles. The van der Waals surface area contributed by atoms with Gasteiger partial charge in [-0.15, -0.1) is 16.4 Å². The molecule has 0 radical (unpaired) electrons. The van der Waals surface area contributed by atoms with Crippen LogP contribution in [-0.4, -0.2) is 34.3 Å². The second-order valence-corrected chi connectivity index (χ2v) is 6.95. The molecule has 7 nitrogen and oxygen atoms in total. The zero-order valence-electron chi connectivity index (χ0n) is 13.7. The summed E-state index contributed by atoms with van der Waals surface area (Å²) in [6, 6.07) is 3.48. The molecular formula is C16H11F2N7S. The van der Waals surface area contributed by atoms with Crippen molar-refractivity contribution in [2.24, 2.45) is 0 Å². The van der Waals surface area contributed by atoms with Gasteiger partial charge in [-0.2, -0.15) is 13.9 Å². The number of thiophene rings is 1. The van der Waals surface area contributed by atoms with Crippen molar-refractivity contribution < 1.29 is 8.78 Å². The molecule has 0 spiro atoms. The maximum absolute atomic E-state index is 12.7. The van der Waals surface area contributed by atoms with E-state index in [1.54, 1.807) is 6.33 Å². The number of aryl methyl sites for hydroxylation is 2. The van der Waals surface area contributed by atoms with Crippen molar-refractivity contribution in [3.05, 3.63) is 35.9 Å². The van der Waals surface area contributed by atoms with Gasteiger partial charge in [0, 0.05) is 17.3 Å². The summed E-state index contributed by atoms with van der Waals surface area (Å²) in [6.07, 6.45) is 2.78. The Balaban J connectivity index is 1.77. The van der Waals surface area contributed by atoms with Crippen molar-refractivity contribution in [3.8, 4) is 11.5 Å². The normalized spacial score (nSPS) is 12.2. The SMILES string of the molecule is Cc1cc(C)c2c(n1)sc1c2ncn2nc(-c3ccn(C(F)F)n3)nc12. The molecule has 0 saturated carbocycles. The van der Waals surface area contributed by atoms with Crippen molar-refractivity contribution in [1.82, 2.24) is 34.3 Å². The molecular weight excluding hydrogens is 360 g/mol. The zero-order chi connectivity index (χ0) is 18.0. The highest BCUT2D eigenvalue weighted by atomic mass is 32.1. The van der Waals surface area contributed by atoms with Gasteiger partial charge < -0.3 is 0 Å². The maximum Gasteiger partial charge on any atom is 0.333 e. The van der Waals surface area contributed by atoms with Crippen molar-refractivity contribution in [2.45, 2.75) is 20.4 Å². The van der Waals surface area contributed by atoms with Gasteiger partial charge in [0.1, 0.15) is 21.6 Å². The Hall–Kier alpha value is -3.01. The zero-order valence-corrected chi connectivity index (χ0v) is 14.5. The number of rotatable bonds is 2. The summed E-state index contributed by atoms with van der Waals surface area (Å²) >= 11 is 1.50. The molecule has 0 fully saturated rings. The lowest BCUT2D eigenvalue weighted by molar-refractivity contribution is 0.0568. The van der Waals surface area contributed by atoms with Crippen LogP contribution in [0.5, 0.6) is 0 Å². The summed E-state index contributed by atoms with van der Waals surface area (Å²) in [5.41, 5.74) is 3.76. The van der Waals surface area contributed by atoms with Crippen molar-refractivity contribution in [3.63, 3.8) is 0 Å². The fourth-order valence-electron chi connectivity index (χ4n) is 3.04. The Labute approximate surface area is 148 Å². The lowest BCUT2D eigenvalue weighted by atomic mass is 10.1. The quantitative estimate of drug-likeness (QED) is 0.472. The largest absolute Gasteiger partial charge is 0.333 e. The number of aromatic nitrogens is 7. The first-order valence-electron chi connectivity index (χ1n) is 7.77. The minimum absolute atomic E-state index is 0.275. The van der Waals surface area contributed by atoms with Crippen LogP contribution in [0, 0.1) is 13.8 Å². The third-order valence-corrected chi connectivity index (χ3v) is 5.20. The monoisotopic (exact) mass is 371 g/mol. The van der Waals surface area contributed by atoms with E-state index in [1.807, 2.05) is 19.9 Å². The number of pyridine rings is 1. The number of fused-ring (bicyclic) bond motifs is 5. The van der Waals surface area contributed by atoms with E-state index in [4.69, 9.17) is 0 Å². The lowest BCUT2D eigenvalue weighted by Gasteiger charge is -1.98. The predicted molar refractivity (Wildman–Crippen MR) is 93.4 cm³/mol. The molecule has 130 valence electrons. The van der Waals surface area contributed by atoms with E-state index in [0.29, 0.717) is 10.3 Å². The number of alkyl halides is 2. The molecule has 0 aliphatic carbocycles. The van der Waals surface area contributed by atoms with Gasteiger partial charge in [-0.1, -0.05) is 0 Å². The Morgan fingerprint density at radius 1 is 1.15 bits per heavy atom. The molecule has 5 aromatic rings. The predicted octanol–water partition coefficient (Wildman–Crippen LogP) is 3.76. The first kappa shape index (κ1) is 15.3. The average molecular weight is 371 g/mol. The Kier molecular flexibility index (Phi) is 3.08. The number of hydrogen-bond donors (Lipinski definition) is 0. The van der Waals surface area contributed by atoms with Crippen LogP contribution in [0.15, 0.2) is 24.7 Å². The summed E-state index contributed by atoms with van der Waals surface area (Å²) in [4.78, 5) is 14.5. The Morgan fingerprint density at radius 3 is 2.77 bits per heavy atom. The fraction of sp³-hybridized carbons (Fsp3) is 0.188. The van der Waals surface area contributed by atoms with E-state index in [9.17, 15) is 8.78 Å². The molecule has 0 unspecified atom stereocenters. The van der Waals surface area contributed by atoms with Crippen LogP contribution in [0.25, 0.3) is 37.6 Å². The molecule has 5 aromatic heterocycles. The molecule has 0 aliphatic rings. The van der Waals surface area contributed by atoms with Crippen LogP contribution in [-0.2, 0) is 0 Å². The molecule has 0 aromatic carbocycles. The smallest absolute Gasteiger partial charge is 0.242 e. The van der Waals surface area contributed by atoms with Crippen LogP contribution < -0.4 is 0 Å². The number of hydrogen-bond acceptors (Lipinski definition) is 6. The van der Waals surface area contributed by atoms with E-state index in [-0.39, 0.29) is 11.5 Å². The second-order valence-electron chi connectivity index (χ2n) is 5.95. The van der Waals surface area contributed by atoms with E-state index >= 15 is 0 Å². The third-order valence-electron chi connectivity index (χ3n) is 4.13. The molecule has 10 heteroatoms. The van der Waals surface area contributed by atoms with Crippen LogP contribution in [0.3, 0.4) is 0 Å². The van der Waals surface area contributed by atoms with Crippen molar-refractivity contribution in [1.29, 1.82) is 0 Å². The Morgan fingerprint density at radius 2 is 2.00 bits per heavy atom. The van der Waals surface area contributed by atoms with Gasteiger partial charge in [-0.05, 0) is 31.5 Å². The second kappa shape index (κ2) is 5.24. The summed E-state index contributed by atoms with van der Waals surface area (Å²) in [7, 11) is 0. The minimum atomic E-state index is -2.70. The molecule has 0 saturated heterocycles. The molecule has 0 amide bonds. The molecule has 5 rings (SSSR count). The number of nitrogens with zero attached hydrogens (tertiary/aromatic N) is 7. The lowest BCUT2D eigenvalue weighted by Crippen LogP contribution is -1.98. The minimum Gasteiger partial charge on any atom is -0.242 e. The topological polar surface area (TPSA) is 73.8 Å². The van der Waals surface area contributed by atoms with Gasteiger partial charge in [0.15, 0.2) is 5.65 Å². The molecule has 0 N–H and O–H groups in total. The standard InChI is InChI=1S/C16H11F2N7S/c1-7-5-8(2)20-15-10(7)11-12(26-15)14-21-13(23-25(14)6-19-11)9-3-4-24(22-9)16(17)18/h3-6,16H,1-2H3. The highest BCUT2D eigenvalue weighted by Crippen LogP contribution is 2.35. The molecule has 5 heterocycles. The maximum atomic E-state index is 12.7. The number of halogens is 2. The van der Waals surface area contributed by atoms with E-state index < -0.39 is 6.55 Å². The third kappa shape index (κ3) is 2.11. The summed E-state index contributed by atoms with van der Waals surface area (Å²) in [6.45, 7) is 1.28. The average Bonchev–Trinajstić information content (AvgIpc) is 3.29. The van der Waals surface area contributed by atoms with Gasteiger partial charge in [0.25, 0.3) is 0 Å². The Bertz CT molecular complexity index is 1300. The van der Waals surface area contributed by atoms with Gasteiger partial charge >= 0.3 is 6.55 Å². The summed E-state index contributed by atoms with van der Waals surface area (Å²) < 4.78 is 28.4. The molecule has 0 bridgehead atoms. The van der Waals surface area contributed by atoms with Crippen molar-refractivity contribution in [2.75, 3.05) is 0 Å². The van der Waals surface area contributed by atoms with Gasteiger partial charge in [0.05, 0.1) is 5.52 Å². The van der Waals surface area contributed by atoms with Crippen molar-refractivity contribution >= 4 is 37.4 Å². The van der Waals surface area contributed by atoms with Crippen LogP contribution in [0.1, 0.15) is 17.8 Å². The van der Waals surface area contributed by atoms with Crippen LogP contribution in [0.4, 0.5) is 8.78 Å². The molecule has 0 atom stereocenters. The highest BCUT2D eigenvalue weighted by molar-refractivity contribution is 7.26.